The van der Waals surface area contributed by atoms with E-state index in [2.05, 4.69) is 39.1 Å². The van der Waals surface area contributed by atoms with Gasteiger partial charge < -0.3 is 10.1 Å². The molecule has 0 radical (unpaired) electrons. The zero-order valence-electron chi connectivity index (χ0n) is 11.5. The standard InChI is InChI=1S/C15H25NO/c1-5-13(4)16-11-14(6-2)17-15-10-8-7-9-12(15)3/h7-10,13-14,16H,5-6,11H2,1-4H3/t13-,14-/m1/s1. The normalized spacial score (nSPS) is 14.4. The van der Waals surface area contributed by atoms with Crippen molar-refractivity contribution in [1.29, 1.82) is 0 Å². The lowest BCUT2D eigenvalue weighted by Crippen LogP contribution is -2.36. The predicted molar refractivity (Wildman–Crippen MR) is 73.6 cm³/mol. The molecule has 0 aliphatic heterocycles. The van der Waals surface area contributed by atoms with Crippen LogP contribution >= 0.6 is 0 Å². The highest BCUT2D eigenvalue weighted by atomic mass is 16.5. The topological polar surface area (TPSA) is 21.3 Å². The van der Waals surface area contributed by atoms with Gasteiger partial charge in [0, 0.05) is 12.6 Å². The average molecular weight is 235 g/mol. The quantitative estimate of drug-likeness (QED) is 0.780. The summed E-state index contributed by atoms with van der Waals surface area (Å²) in [5.41, 5.74) is 1.20. The van der Waals surface area contributed by atoms with Gasteiger partial charge in [-0.05, 0) is 38.3 Å². The van der Waals surface area contributed by atoms with Crippen LogP contribution in [0.3, 0.4) is 0 Å². The van der Waals surface area contributed by atoms with E-state index in [-0.39, 0.29) is 6.10 Å². The highest BCUT2D eigenvalue weighted by Crippen LogP contribution is 2.18. The van der Waals surface area contributed by atoms with Crippen molar-refractivity contribution in [3.05, 3.63) is 29.8 Å². The number of hydrogen-bond acceptors (Lipinski definition) is 2. The summed E-state index contributed by atoms with van der Waals surface area (Å²) in [5.74, 6) is 1.00. The first-order chi connectivity index (χ1) is 8.17. The number of para-hydroxylation sites is 1. The monoisotopic (exact) mass is 235 g/mol. The van der Waals surface area contributed by atoms with E-state index in [0.29, 0.717) is 6.04 Å². The first-order valence-electron chi connectivity index (χ1n) is 6.63. The van der Waals surface area contributed by atoms with Gasteiger partial charge in [0.05, 0.1) is 0 Å². The van der Waals surface area contributed by atoms with Gasteiger partial charge in [0.2, 0.25) is 0 Å². The molecule has 0 unspecified atom stereocenters. The van der Waals surface area contributed by atoms with E-state index in [4.69, 9.17) is 4.74 Å². The molecule has 0 saturated heterocycles. The summed E-state index contributed by atoms with van der Waals surface area (Å²) < 4.78 is 6.03. The first kappa shape index (κ1) is 14.0. The number of benzene rings is 1. The van der Waals surface area contributed by atoms with Crippen molar-refractivity contribution >= 4 is 0 Å². The molecule has 1 aromatic carbocycles. The van der Waals surface area contributed by atoms with Crippen molar-refractivity contribution < 1.29 is 4.74 Å². The Morgan fingerprint density at radius 1 is 1.18 bits per heavy atom. The molecule has 0 bridgehead atoms. The first-order valence-corrected chi connectivity index (χ1v) is 6.63. The molecule has 96 valence electrons. The van der Waals surface area contributed by atoms with Crippen molar-refractivity contribution in [2.45, 2.75) is 52.7 Å². The zero-order chi connectivity index (χ0) is 12.7. The van der Waals surface area contributed by atoms with Crippen LogP contribution in [-0.2, 0) is 0 Å². The summed E-state index contributed by atoms with van der Waals surface area (Å²) in [6.45, 7) is 9.58. The fourth-order valence-electron chi connectivity index (χ4n) is 1.61. The molecule has 1 rings (SSSR count). The summed E-state index contributed by atoms with van der Waals surface area (Å²) in [4.78, 5) is 0. The van der Waals surface area contributed by atoms with Gasteiger partial charge in [-0.15, -0.1) is 0 Å². The minimum atomic E-state index is 0.255. The lowest BCUT2D eigenvalue weighted by atomic mass is 10.2. The summed E-state index contributed by atoms with van der Waals surface area (Å²) in [7, 11) is 0. The lowest BCUT2D eigenvalue weighted by molar-refractivity contribution is 0.187. The molecule has 0 spiro atoms. The van der Waals surface area contributed by atoms with Gasteiger partial charge in [-0.3, -0.25) is 0 Å². The van der Waals surface area contributed by atoms with Crippen LogP contribution in [0.2, 0.25) is 0 Å². The van der Waals surface area contributed by atoms with Crippen LogP contribution in [0.15, 0.2) is 24.3 Å². The summed E-state index contributed by atoms with van der Waals surface area (Å²) in [6, 6.07) is 8.76. The van der Waals surface area contributed by atoms with Gasteiger partial charge in [-0.25, -0.2) is 0 Å². The second kappa shape index (κ2) is 7.33. The maximum absolute atomic E-state index is 6.03. The summed E-state index contributed by atoms with van der Waals surface area (Å²) in [6.07, 6.45) is 2.43. The molecule has 2 nitrogen and oxygen atoms in total. The van der Waals surface area contributed by atoms with Gasteiger partial charge in [0.1, 0.15) is 11.9 Å². The molecular weight excluding hydrogens is 210 g/mol. The molecule has 2 heteroatoms. The number of aryl methyl sites for hydroxylation is 1. The zero-order valence-corrected chi connectivity index (χ0v) is 11.5. The minimum Gasteiger partial charge on any atom is -0.489 e. The number of rotatable bonds is 7. The van der Waals surface area contributed by atoms with Gasteiger partial charge in [0.25, 0.3) is 0 Å². The van der Waals surface area contributed by atoms with Crippen LogP contribution in [0.5, 0.6) is 5.75 Å². The van der Waals surface area contributed by atoms with Crippen LogP contribution < -0.4 is 10.1 Å². The third kappa shape index (κ3) is 4.78. The van der Waals surface area contributed by atoms with Crippen molar-refractivity contribution in [2.75, 3.05) is 6.54 Å². The molecular formula is C15H25NO. The van der Waals surface area contributed by atoms with Gasteiger partial charge in [-0.2, -0.15) is 0 Å². The Morgan fingerprint density at radius 3 is 2.47 bits per heavy atom. The van der Waals surface area contributed by atoms with Crippen molar-refractivity contribution in [2.24, 2.45) is 0 Å². The lowest BCUT2D eigenvalue weighted by Gasteiger charge is -2.21. The number of nitrogens with one attached hydrogen (secondary N) is 1. The Morgan fingerprint density at radius 2 is 1.88 bits per heavy atom. The van der Waals surface area contributed by atoms with E-state index in [9.17, 15) is 0 Å². The molecule has 0 heterocycles. The fraction of sp³-hybridized carbons (Fsp3) is 0.600. The molecule has 0 fully saturated rings. The average Bonchev–Trinajstić information content (AvgIpc) is 2.36. The molecule has 1 N–H and O–H groups in total. The molecule has 0 amide bonds. The largest absolute Gasteiger partial charge is 0.489 e. The van der Waals surface area contributed by atoms with E-state index in [1.165, 1.54) is 5.56 Å². The summed E-state index contributed by atoms with van der Waals surface area (Å²) >= 11 is 0. The van der Waals surface area contributed by atoms with Crippen LogP contribution in [0.1, 0.15) is 39.2 Å². The Labute approximate surface area is 105 Å². The SMILES string of the molecule is CC[C@H](CN[C@H](C)CC)Oc1ccccc1C. The van der Waals surface area contributed by atoms with E-state index in [1.54, 1.807) is 0 Å². The Bertz CT molecular complexity index is 324. The molecule has 0 aliphatic rings. The Kier molecular flexibility index (Phi) is 6.06. The molecule has 17 heavy (non-hydrogen) atoms. The van der Waals surface area contributed by atoms with E-state index in [0.717, 1.165) is 25.1 Å². The van der Waals surface area contributed by atoms with Crippen molar-refractivity contribution in [1.82, 2.24) is 5.32 Å². The fourth-order valence-corrected chi connectivity index (χ4v) is 1.61. The van der Waals surface area contributed by atoms with E-state index in [1.807, 2.05) is 18.2 Å². The van der Waals surface area contributed by atoms with Gasteiger partial charge in [-0.1, -0.05) is 32.0 Å². The second-order valence-electron chi connectivity index (χ2n) is 4.63. The van der Waals surface area contributed by atoms with Crippen molar-refractivity contribution in [3.63, 3.8) is 0 Å². The molecule has 2 atom stereocenters. The smallest absolute Gasteiger partial charge is 0.122 e. The second-order valence-corrected chi connectivity index (χ2v) is 4.63. The van der Waals surface area contributed by atoms with Crippen molar-refractivity contribution in [3.8, 4) is 5.75 Å². The van der Waals surface area contributed by atoms with Gasteiger partial charge >= 0.3 is 0 Å². The maximum atomic E-state index is 6.03. The molecule has 1 aromatic rings. The Hall–Kier alpha value is -1.02. The van der Waals surface area contributed by atoms with Gasteiger partial charge in [0.15, 0.2) is 0 Å². The van der Waals surface area contributed by atoms with E-state index >= 15 is 0 Å². The van der Waals surface area contributed by atoms with Crippen LogP contribution in [0, 0.1) is 6.92 Å². The van der Waals surface area contributed by atoms with E-state index < -0.39 is 0 Å². The molecule has 0 saturated carbocycles. The molecule has 0 aromatic heterocycles. The highest BCUT2D eigenvalue weighted by Gasteiger charge is 2.10. The third-order valence-corrected chi connectivity index (χ3v) is 3.15. The predicted octanol–water partition coefficient (Wildman–Crippen LogP) is 3.54. The number of ether oxygens (including phenoxy) is 1. The number of hydrogen-bond donors (Lipinski definition) is 1. The maximum Gasteiger partial charge on any atom is 0.122 e. The van der Waals surface area contributed by atoms with Crippen LogP contribution in [0.4, 0.5) is 0 Å². The van der Waals surface area contributed by atoms with Crippen LogP contribution in [-0.4, -0.2) is 18.7 Å². The Balaban J connectivity index is 2.49. The summed E-state index contributed by atoms with van der Waals surface area (Å²) in [5, 5.41) is 3.50. The van der Waals surface area contributed by atoms with Crippen LogP contribution in [0.25, 0.3) is 0 Å². The highest BCUT2D eigenvalue weighted by molar-refractivity contribution is 5.31. The third-order valence-electron chi connectivity index (χ3n) is 3.15. The molecule has 0 aliphatic carbocycles. The minimum absolute atomic E-state index is 0.255.